The van der Waals surface area contributed by atoms with E-state index in [2.05, 4.69) is 10.4 Å². The van der Waals surface area contributed by atoms with Crippen LogP contribution in [0.25, 0.3) is 0 Å². The van der Waals surface area contributed by atoms with Crippen molar-refractivity contribution in [1.82, 2.24) is 20.0 Å². The number of likely N-dealkylation sites (tertiary alicyclic amines) is 1. The van der Waals surface area contributed by atoms with E-state index in [0.717, 1.165) is 12.8 Å². The molecule has 0 spiro atoms. The van der Waals surface area contributed by atoms with Gasteiger partial charge in [-0.05, 0) is 32.9 Å². The van der Waals surface area contributed by atoms with Crippen LogP contribution < -0.4 is 5.32 Å². The standard InChI is InChI=1S/C14H20F2N4O3/c1-8-5-11(18-20(8)14(15)16)13(23)17-7-10-4-3-9(19(10)2)6-12(21)22/h5,9-10,14H,3-4,6-7H2,1-2H3,(H,17,23)(H,21,22)/t9-,10+/m1/s1. The summed E-state index contributed by atoms with van der Waals surface area (Å²) in [4.78, 5) is 24.7. The molecule has 0 radical (unpaired) electrons. The predicted molar refractivity (Wildman–Crippen MR) is 77.4 cm³/mol. The largest absolute Gasteiger partial charge is 0.481 e. The Morgan fingerprint density at radius 3 is 2.65 bits per heavy atom. The first-order valence-electron chi connectivity index (χ1n) is 7.35. The van der Waals surface area contributed by atoms with Gasteiger partial charge in [-0.1, -0.05) is 0 Å². The molecule has 2 N–H and O–H groups in total. The number of likely N-dealkylation sites (N-methyl/N-ethyl adjacent to an activating group) is 1. The molecule has 9 heteroatoms. The summed E-state index contributed by atoms with van der Waals surface area (Å²) in [5.41, 5.74) is 0.162. The van der Waals surface area contributed by atoms with E-state index in [4.69, 9.17) is 5.11 Å². The lowest BCUT2D eigenvalue weighted by atomic mass is 10.1. The maximum atomic E-state index is 12.6. The summed E-state index contributed by atoms with van der Waals surface area (Å²) in [6.45, 7) is -1.00. The van der Waals surface area contributed by atoms with Gasteiger partial charge >= 0.3 is 12.5 Å². The molecule has 7 nitrogen and oxygen atoms in total. The Kier molecular flexibility index (Phi) is 5.30. The van der Waals surface area contributed by atoms with Gasteiger partial charge in [0.15, 0.2) is 5.69 Å². The highest BCUT2D eigenvalue weighted by atomic mass is 19.3. The third-order valence-corrected chi connectivity index (χ3v) is 4.23. The highest BCUT2D eigenvalue weighted by Gasteiger charge is 2.32. The van der Waals surface area contributed by atoms with Crippen LogP contribution in [0.2, 0.25) is 0 Å². The van der Waals surface area contributed by atoms with Gasteiger partial charge < -0.3 is 10.4 Å². The molecule has 1 fully saturated rings. The zero-order valence-corrected chi connectivity index (χ0v) is 13.0. The van der Waals surface area contributed by atoms with Gasteiger partial charge in [0.25, 0.3) is 5.91 Å². The van der Waals surface area contributed by atoms with Crippen LogP contribution in [0.1, 0.15) is 42.0 Å². The van der Waals surface area contributed by atoms with Crippen LogP contribution in [0.5, 0.6) is 0 Å². The second kappa shape index (κ2) is 7.03. The lowest BCUT2D eigenvalue weighted by molar-refractivity contribution is -0.138. The van der Waals surface area contributed by atoms with Crippen LogP contribution in [-0.4, -0.2) is 57.3 Å². The Balaban J connectivity index is 1.90. The first-order chi connectivity index (χ1) is 10.8. The van der Waals surface area contributed by atoms with Gasteiger partial charge in [0.1, 0.15) is 0 Å². The number of aryl methyl sites for hydroxylation is 1. The number of aromatic nitrogens is 2. The van der Waals surface area contributed by atoms with Crippen molar-refractivity contribution in [2.45, 2.75) is 44.8 Å². The maximum Gasteiger partial charge on any atom is 0.333 e. The molecule has 1 amide bonds. The number of hydrogen-bond acceptors (Lipinski definition) is 4. The van der Waals surface area contributed by atoms with Crippen LogP contribution in [-0.2, 0) is 4.79 Å². The average molecular weight is 330 g/mol. The summed E-state index contributed by atoms with van der Waals surface area (Å²) in [5, 5.41) is 15.1. The van der Waals surface area contributed by atoms with E-state index in [-0.39, 0.29) is 29.9 Å². The van der Waals surface area contributed by atoms with Crippen molar-refractivity contribution in [3.8, 4) is 0 Å². The molecular formula is C14H20F2N4O3. The fourth-order valence-electron chi connectivity index (χ4n) is 2.88. The number of carboxylic acids is 1. The number of hydrogen-bond donors (Lipinski definition) is 2. The quantitative estimate of drug-likeness (QED) is 0.820. The Bertz CT molecular complexity index is 591. The van der Waals surface area contributed by atoms with Crippen LogP contribution >= 0.6 is 0 Å². The summed E-state index contributed by atoms with van der Waals surface area (Å²) in [6.07, 6.45) is 1.60. The van der Waals surface area contributed by atoms with Gasteiger partial charge in [0.05, 0.1) is 6.42 Å². The second-order valence-electron chi connectivity index (χ2n) is 5.75. The average Bonchev–Trinajstić information content (AvgIpc) is 3.01. The molecule has 0 saturated carbocycles. The molecule has 0 unspecified atom stereocenters. The van der Waals surface area contributed by atoms with Crippen molar-refractivity contribution in [1.29, 1.82) is 0 Å². The Hall–Kier alpha value is -2.03. The minimum atomic E-state index is -2.78. The van der Waals surface area contributed by atoms with Crippen molar-refractivity contribution in [3.05, 3.63) is 17.5 Å². The van der Waals surface area contributed by atoms with Crippen molar-refractivity contribution in [3.63, 3.8) is 0 Å². The number of carbonyl (C=O) groups is 2. The van der Waals surface area contributed by atoms with Crippen LogP contribution in [0.3, 0.4) is 0 Å². The summed E-state index contributed by atoms with van der Waals surface area (Å²) >= 11 is 0. The molecule has 2 rings (SSSR count). The molecule has 2 atom stereocenters. The normalized spacial score (nSPS) is 21.8. The van der Waals surface area contributed by atoms with E-state index in [1.54, 1.807) is 0 Å². The highest BCUT2D eigenvalue weighted by Crippen LogP contribution is 2.24. The number of aliphatic carboxylic acids is 1. The minimum absolute atomic E-state index is 0.0292. The van der Waals surface area contributed by atoms with Gasteiger partial charge in [-0.15, -0.1) is 0 Å². The maximum absolute atomic E-state index is 12.6. The number of carboxylic acid groups (broad SMARTS) is 1. The minimum Gasteiger partial charge on any atom is -0.481 e. The van der Waals surface area contributed by atoms with Crippen LogP contribution in [0, 0.1) is 6.92 Å². The van der Waals surface area contributed by atoms with Crippen molar-refractivity contribution < 1.29 is 23.5 Å². The fourth-order valence-corrected chi connectivity index (χ4v) is 2.88. The smallest absolute Gasteiger partial charge is 0.333 e. The molecule has 0 aromatic carbocycles. The second-order valence-corrected chi connectivity index (χ2v) is 5.75. The molecule has 1 aromatic rings. The topological polar surface area (TPSA) is 87.5 Å². The Morgan fingerprint density at radius 1 is 1.43 bits per heavy atom. The molecule has 2 heterocycles. The fraction of sp³-hybridized carbons (Fsp3) is 0.643. The van der Waals surface area contributed by atoms with E-state index >= 15 is 0 Å². The molecule has 0 aliphatic carbocycles. The molecule has 1 aliphatic rings. The number of rotatable bonds is 6. The van der Waals surface area contributed by atoms with Gasteiger partial charge in [0.2, 0.25) is 0 Å². The van der Waals surface area contributed by atoms with E-state index < -0.39 is 18.4 Å². The highest BCUT2D eigenvalue weighted by molar-refractivity contribution is 5.92. The summed E-state index contributed by atoms with van der Waals surface area (Å²) in [5.74, 6) is -1.36. The lowest BCUT2D eigenvalue weighted by Gasteiger charge is -2.24. The summed E-state index contributed by atoms with van der Waals surface area (Å²) in [6, 6.07) is 1.30. The number of carbonyl (C=O) groups excluding carboxylic acids is 1. The van der Waals surface area contributed by atoms with Gasteiger partial charge in [-0.25, -0.2) is 4.68 Å². The zero-order chi connectivity index (χ0) is 17.1. The Morgan fingerprint density at radius 2 is 2.09 bits per heavy atom. The SMILES string of the molecule is Cc1cc(C(=O)NC[C@@H]2CC[C@H](CC(=O)O)N2C)nn1C(F)F. The van der Waals surface area contributed by atoms with E-state index in [0.29, 0.717) is 11.2 Å². The molecule has 128 valence electrons. The molecule has 23 heavy (non-hydrogen) atoms. The van der Waals surface area contributed by atoms with Gasteiger partial charge in [-0.2, -0.15) is 13.9 Å². The van der Waals surface area contributed by atoms with Gasteiger partial charge in [0, 0.05) is 24.3 Å². The number of nitrogens with zero attached hydrogens (tertiary/aromatic N) is 3. The zero-order valence-electron chi connectivity index (χ0n) is 13.0. The first kappa shape index (κ1) is 17.3. The molecule has 1 aromatic heterocycles. The molecule has 0 bridgehead atoms. The van der Waals surface area contributed by atoms with Crippen molar-refractivity contribution in [2.24, 2.45) is 0 Å². The predicted octanol–water partition coefficient (Wildman–Crippen LogP) is 1.25. The summed E-state index contributed by atoms with van der Waals surface area (Å²) in [7, 11) is 1.83. The van der Waals surface area contributed by atoms with Crippen LogP contribution in [0.4, 0.5) is 8.78 Å². The summed E-state index contributed by atoms with van der Waals surface area (Å²) < 4.78 is 25.8. The third kappa shape index (κ3) is 4.04. The molecule has 1 aliphatic heterocycles. The van der Waals surface area contributed by atoms with E-state index in [9.17, 15) is 18.4 Å². The van der Waals surface area contributed by atoms with Crippen LogP contribution in [0.15, 0.2) is 6.07 Å². The lowest BCUT2D eigenvalue weighted by Crippen LogP contribution is -2.41. The van der Waals surface area contributed by atoms with Crippen molar-refractivity contribution >= 4 is 11.9 Å². The monoisotopic (exact) mass is 330 g/mol. The van der Waals surface area contributed by atoms with Crippen molar-refractivity contribution in [2.75, 3.05) is 13.6 Å². The first-order valence-corrected chi connectivity index (χ1v) is 7.35. The third-order valence-electron chi connectivity index (χ3n) is 4.23. The number of nitrogens with one attached hydrogen (secondary N) is 1. The number of alkyl halides is 2. The molecular weight excluding hydrogens is 310 g/mol. The van der Waals surface area contributed by atoms with E-state index in [1.165, 1.54) is 13.0 Å². The Labute approximate surface area is 132 Å². The molecule has 1 saturated heterocycles. The van der Waals surface area contributed by atoms with E-state index in [1.807, 2.05) is 11.9 Å². The number of amides is 1. The number of halogens is 2. The van der Waals surface area contributed by atoms with Gasteiger partial charge in [-0.3, -0.25) is 14.5 Å².